The third kappa shape index (κ3) is 1.89. The lowest BCUT2D eigenvalue weighted by Gasteiger charge is -2.10. The molecule has 0 aromatic heterocycles. The van der Waals surface area contributed by atoms with Crippen LogP contribution in [-0.4, -0.2) is 12.4 Å². The van der Waals surface area contributed by atoms with Crippen LogP contribution >= 0.6 is 0 Å². The Morgan fingerprint density at radius 1 is 1.42 bits per heavy atom. The van der Waals surface area contributed by atoms with Gasteiger partial charge < -0.3 is 5.11 Å². The first-order valence-electron chi connectivity index (χ1n) is 4.23. The number of aliphatic hydroxyl groups is 1. The zero-order chi connectivity index (χ0) is 9.14. The van der Waals surface area contributed by atoms with Gasteiger partial charge in [-0.15, -0.1) is 0 Å². The minimum Gasteiger partial charge on any atom is -0.389 e. The molecular formula is C10H14BO. The van der Waals surface area contributed by atoms with E-state index in [4.69, 9.17) is 0 Å². The lowest BCUT2D eigenvalue weighted by Crippen LogP contribution is -2.18. The number of hydrogen-bond donors (Lipinski definition) is 1. The molecule has 63 valence electrons. The normalized spacial score (nSPS) is 12.7. The number of aliphatic hydroxyl groups excluding tert-OH is 1. The molecule has 0 aliphatic carbocycles. The van der Waals surface area contributed by atoms with E-state index in [0.717, 1.165) is 11.0 Å². The highest BCUT2D eigenvalue weighted by atomic mass is 16.3. The molecule has 0 spiro atoms. The average Bonchev–Trinajstić information content (AvgIpc) is 2.03. The van der Waals surface area contributed by atoms with E-state index in [1.165, 1.54) is 5.56 Å². The van der Waals surface area contributed by atoms with E-state index in [-0.39, 0.29) is 6.10 Å². The molecule has 0 saturated heterocycles. The van der Waals surface area contributed by atoms with E-state index >= 15 is 0 Å². The molecule has 1 aromatic carbocycles. The topological polar surface area (TPSA) is 20.2 Å². The summed E-state index contributed by atoms with van der Waals surface area (Å²) in [4.78, 5) is 0. The Morgan fingerprint density at radius 3 is 2.58 bits per heavy atom. The van der Waals surface area contributed by atoms with Crippen LogP contribution in [0.1, 0.15) is 24.2 Å². The van der Waals surface area contributed by atoms with Crippen molar-refractivity contribution in [3.63, 3.8) is 0 Å². The summed E-state index contributed by atoms with van der Waals surface area (Å²) in [6, 6.07) is 6.09. The van der Waals surface area contributed by atoms with Crippen molar-refractivity contribution in [1.82, 2.24) is 0 Å². The minimum absolute atomic E-state index is 0.378. The summed E-state index contributed by atoms with van der Waals surface area (Å²) < 4.78 is 0. The van der Waals surface area contributed by atoms with Gasteiger partial charge in [-0.05, 0) is 19.4 Å². The van der Waals surface area contributed by atoms with Crippen LogP contribution in [-0.2, 0) is 0 Å². The van der Waals surface area contributed by atoms with Crippen LogP contribution in [0.25, 0.3) is 0 Å². The van der Waals surface area contributed by atoms with Gasteiger partial charge in [0.1, 0.15) is 7.28 Å². The monoisotopic (exact) mass is 161 g/mol. The maximum absolute atomic E-state index is 9.41. The molecule has 0 aliphatic rings. The summed E-state index contributed by atoms with van der Waals surface area (Å²) in [5.41, 5.74) is 3.36. The molecule has 0 heterocycles. The SMILES string of the molecule is C[B]c1cc(C)ccc1[C@@H](C)O. The van der Waals surface area contributed by atoms with Gasteiger partial charge in [-0.25, -0.2) is 0 Å². The van der Waals surface area contributed by atoms with Crippen LogP contribution in [0.3, 0.4) is 0 Å². The summed E-state index contributed by atoms with van der Waals surface area (Å²) in [7, 11) is 2.02. The van der Waals surface area contributed by atoms with Crippen molar-refractivity contribution in [2.45, 2.75) is 26.8 Å². The van der Waals surface area contributed by atoms with Crippen molar-refractivity contribution < 1.29 is 5.11 Å². The fourth-order valence-electron chi connectivity index (χ4n) is 1.32. The fraction of sp³-hybridized carbons (Fsp3) is 0.400. The Balaban J connectivity index is 3.11. The molecule has 0 bridgehead atoms. The van der Waals surface area contributed by atoms with Gasteiger partial charge in [0.2, 0.25) is 0 Å². The van der Waals surface area contributed by atoms with Gasteiger partial charge in [0.25, 0.3) is 0 Å². The first-order valence-corrected chi connectivity index (χ1v) is 4.23. The Bertz CT molecular complexity index is 269. The van der Waals surface area contributed by atoms with Crippen LogP contribution in [0.4, 0.5) is 0 Å². The molecule has 1 aromatic rings. The van der Waals surface area contributed by atoms with Gasteiger partial charge in [-0.3, -0.25) is 0 Å². The van der Waals surface area contributed by atoms with E-state index < -0.39 is 0 Å². The number of hydrogen-bond acceptors (Lipinski definition) is 1. The fourth-order valence-corrected chi connectivity index (χ4v) is 1.32. The standard InChI is InChI=1S/C10H14BO/c1-7-4-5-9(8(2)12)10(6-7)11-3/h4-6,8,12H,1-3H3/t8-/m1/s1. The predicted octanol–water partition coefficient (Wildman–Crippen LogP) is 1.43. The second kappa shape index (κ2) is 3.77. The summed E-state index contributed by atoms with van der Waals surface area (Å²) >= 11 is 0. The third-order valence-corrected chi connectivity index (χ3v) is 2.00. The summed E-state index contributed by atoms with van der Waals surface area (Å²) in [6.45, 7) is 5.83. The maximum Gasteiger partial charge on any atom is 0.148 e. The molecule has 0 unspecified atom stereocenters. The lowest BCUT2D eigenvalue weighted by molar-refractivity contribution is 0.200. The van der Waals surface area contributed by atoms with Crippen molar-refractivity contribution in [3.05, 3.63) is 29.3 Å². The largest absolute Gasteiger partial charge is 0.389 e. The molecule has 2 heteroatoms. The number of aryl methyl sites for hydroxylation is 1. The molecule has 12 heavy (non-hydrogen) atoms. The van der Waals surface area contributed by atoms with Crippen LogP contribution in [0.2, 0.25) is 6.82 Å². The molecule has 1 radical (unpaired) electrons. The van der Waals surface area contributed by atoms with Gasteiger partial charge in [-0.1, -0.05) is 36.0 Å². The van der Waals surface area contributed by atoms with Gasteiger partial charge in [-0.2, -0.15) is 0 Å². The molecule has 0 amide bonds. The Labute approximate surface area is 74.7 Å². The lowest BCUT2D eigenvalue weighted by atomic mass is 9.69. The molecule has 1 rings (SSSR count). The highest BCUT2D eigenvalue weighted by Gasteiger charge is 2.05. The molecule has 0 saturated carbocycles. The second-order valence-corrected chi connectivity index (χ2v) is 3.10. The Kier molecular flexibility index (Phi) is 2.93. The predicted molar refractivity (Wildman–Crippen MR) is 53.1 cm³/mol. The number of benzene rings is 1. The highest BCUT2D eigenvalue weighted by molar-refractivity contribution is 6.52. The van der Waals surface area contributed by atoms with Gasteiger partial charge in [0.05, 0.1) is 6.10 Å². The van der Waals surface area contributed by atoms with E-state index in [1.54, 1.807) is 6.92 Å². The quantitative estimate of drug-likeness (QED) is 0.650. The average molecular weight is 161 g/mol. The van der Waals surface area contributed by atoms with Crippen molar-refractivity contribution >= 4 is 12.7 Å². The molecule has 0 fully saturated rings. The maximum atomic E-state index is 9.41. The third-order valence-electron chi connectivity index (χ3n) is 2.00. The van der Waals surface area contributed by atoms with Crippen LogP contribution in [0, 0.1) is 6.92 Å². The zero-order valence-electron chi connectivity index (χ0n) is 7.83. The zero-order valence-corrected chi connectivity index (χ0v) is 7.83. The summed E-state index contributed by atoms with van der Waals surface area (Å²) in [5, 5.41) is 9.41. The van der Waals surface area contributed by atoms with Gasteiger partial charge in [0.15, 0.2) is 0 Å². The molecule has 0 aliphatic heterocycles. The van der Waals surface area contributed by atoms with E-state index in [2.05, 4.69) is 13.0 Å². The van der Waals surface area contributed by atoms with E-state index in [9.17, 15) is 5.11 Å². The van der Waals surface area contributed by atoms with Crippen molar-refractivity contribution in [1.29, 1.82) is 0 Å². The minimum atomic E-state index is -0.378. The number of rotatable bonds is 2. The first kappa shape index (κ1) is 9.33. The first-order chi connectivity index (χ1) is 5.65. The smallest absolute Gasteiger partial charge is 0.148 e. The summed E-state index contributed by atoms with van der Waals surface area (Å²) in [6.07, 6.45) is -0.378. The van der Waals surface area contributed by atoms with E-state index in [0.29, 0.717) is 0 Å². The Hall–Kier alpha value is -0.755. The summed E-state index contributed by atoms with van der Waals surface area (Å²) in [5.74, 6) is 0. The van der Waals surface area contributed by atoms with E-state index in [1.807, 2.05) is 26.2 Å². The molecule has 1 nitrogen and oxygen atoms in total. The molecular weight excluding hydrogens is 147 g/mol. The molecule has 1 atom stereocenters. The van der Waals surface area contributed by atoms with Gasteiger partial charge in [0, 0.05) is 0 Å². The van der Waals surface area contributed by atoms with Crippen LogP contribution in [0.15, 0.2) is 18.2 Å². The van der Waals surface area contributed by atoms with Crippen LogP contribution in [0.5, 0.6) is 0 Å². The second-order valence-electron chi connectivity index (χ2n) is 3.10. The highest BCUT2D eigenvalue weighted by Crippen LogP contribution is 2.09. The Morgan fingerprint density at radius 2 is 2.08 bits per heavy atom. The van der Waals surface area contributed by atoms with Crippen LogP contribution < -0.4 is 5.46 Å². The van der Waals surface area contributed by atoms with Crippen molar-refractivity contribution in [2.75, 3.05) is 0 Å². The van der Waals surface area contributed by atoms with Gasteiger partial charge >= 0.3 is 0 Å². The van der Waals surface area contributed by atoms with Crippen molar-refractivity contribution in [2.24, 2.45) is 0 Å². The van der Waals surface area contributed by atoms with Crippen molar-refractivity contribution in [3.8, 4) is 0 Å². The molecule has 1 N–H and O–H groups in total.